The van der Waals surface area contributed by atoms with E-state index in [0.717, 1.165) is 16.6 Å². The van der Waals surface area contributed by atoms with Gasteiger partial charge in [0.15, 0.2) is 0 Å². The zero-order valence-corrected chi connectivity index (χ0v) is 9.68. The zero-order chi connectivity index (χ0) is 12.7. The number of aromatic nitrogens is 4. The topological polar surface area (TPSA) is 96.3 Å². The van der Waals surface area contributed by atoms with Crippen LogP contribution in [-0.2, 0) is 7.05 Å². The van der Waals surface area contributed by atoms with Crippen molar-refractivity contribution in [1.29, 1.82) is 5.26 Å². The fourth-order valence-electron chi connectivity index (χ4n) is 1.96. The lowest BCUT2D eigenvalue weighted by atomic mass is 10.2. The fraction of sp³-hybridized carbons (Fsp3) is 0.0833. The predicted octanol–water partition coefficient (Wildman–Crippen LogP) is 1.42. The second-order valence-electron chi connectivity index (χ2n) is 3.99. The van der Waals surface area contributed by atoms with E-state index in [9.17, 15) is 0 Å². The number of hydrogen-bond acceptors (Lipinski definition) is 4. The molecule has 0 aliphatic rings. The van der Waals surface area contributed by atoms with Crippen molar-refractivity contribution in [1.82, 2.24) is 19.7 Å². The molecule has 0 atom stereocenters. The van der Waals surface area contributed by atoms with Gasteiger partial charge in [0.1, 0.15) is 17.4 Å². The second kappa shape index (κ2) is 3.60. The molecule has 0 aliphatic heterocycles. The Kier molecular flexibility index (Phi) is 2.07. The van der Waals surface area contributed by atoms with Gasteiger partial charge in [-0.2, -0.15) is 10.4 Å². The number of rotatable bonds is 1. The van der Waals surface area contributed by atoms with Crippen LogP contribution in [0.5, 0.6) is 0 Å². The first-order chi connectivity index (χ1) is 8.70. The molecule has 3 heterocycles. The molecule has 0 saturated heterocycles. The van der Waals surface area contributed by atoms with Crippen LogP contribution in [0.4, 0.5) is 5.69 Å². The van der Waals surface area contributed by atoms with Crippen LogP contribution in [0.15, 0.2) is 24.5 Å². The molecule has 6 nitrogen and oxygen atoms in total. The first-order valence-corrected chi connectivity index (χ1v) is 5.36. The van der Waals surface area contributed by atoms with Crippen LogP contribution < -0.4 is 5.73 Å². The number of nitriles is 1. The summed E-state index contributed by atoms with van der Waals surface area (Å²) in [6.45, 7) is 0. The van der Waals surface area contributed by atoms with Crippen molar-refractivity contribution in [2.75, 3.05) is 5.73 Å². The summed E-state index contributed by atoms with van der Waals surface area (Å²) in [7, 11) is 1.73. The third-order valence-corrected chi connectivity index (χ3v) is 2.90. The van der Waals surface area contributed by atoms with E-state index in [-0.39, 0.29) is 0 Å². The van der Waals surface area contributed by atoms with Crippen molar-refractivity contribution >= 4 is 16.7 Å². The predicted molar refractivity (Wildman–Crippen MR) is 67.4 cm³/mol. The van der Waals surface area contributed by atoms with Crippen molar-refractivity contribution in [2.45, 2.75) is 0 Å². The second-order valence-corrected chi connectivity index (χ2v) is 3.99. The Morgan fingerprint density at radius 2 is 2.33 bits per heavy atom. The number of aryl methyl sites for hydroxylation is 1. The number of nitrogens with two attached hydrogens (primary N) is 1. The zero-order valence-electron chi connectivity index (χ0n) is 9.68. The molecule has 0 fully saturated rings. The Balaban J connectivity index is 2.27. The van der Waals surface area contributed by atoms with Gasteiger partial charge in [0.25, 0.3) is 0 Å². The molecule has 88 valence electrons. The summed E-state index contributed by atoms with van der Waals surface area (Å²) < 4.78 is 1.54. The third kappa shape index (κ3) is 1.34. The number of anilines is 1. The summed E-state index contributed by atoms with van der Waals surface area (Å²) in [4.78, 5) is 7.35. The fourth-order valence-corrected chi connectivity index (χ4v) is 1.96. The normalized spacial score (nSPS) is 10.7. The molecule has 18 heavy (non-hydrogen) atoms. The summed E-state index contributed by atoms with van der Waals surface area (Å²) in [6, 6.07) is 5.76. The molecule has 0 saturated carbocycles. The van der Waals surface area contributed by atoms with Gasteiger partial charge in [0, 0.05) is 24.3 Å². The summed E-state index contributed by atoms with van der Waals surface area (Å²) >= 11 is 0. The van der Waals surface area contributed by atoms with Gasteiger partial charge in [0.05, 0.1) is 17.5 Å². The van der Waals surface area contributed by atoms with Crippen LogP contribution in [0.2, 0.25) is 0 Å². The highest BCUT2D eigenvalue weighted by molar-refractivity contribution is 5.92. The Labute approximate surface area is 103 Å². The van der Waals surface area contributed by atoms with Crippen LogP contribution in [0.1, 0.15) is 5.69 Å². The monoisotopic (exact) mass is 238 g/mol. The number of hydrogen-bond donors (Lipinski definition) is 2. The molecule has 3 N–H and O–H groups in total. The van der Waals surface area contributed by atoms with Gasteiger partial charge in [-0.05, 0) is 12.1 Å². The molecule has 0 aromatic carbocycles. The van der Waals surface area contributed by atoms with Crippen LogP contribution in [0.25, 0.3) is 22.3 Å². The van der Waals surface area contributed by atoms with Gasteiger partial charge in [-0.15, -0.1) is 0 Å². The summed E-state index contributed by atoms with van der Waals surface area (Å²) in [5, 5.41) is 14.0. The highest BCUT2D eigenvalue weighted by Crippen LogP contribution is 2.27. The van der Waals surface area contributed by atoms with E-state index in [0.29, 0.717) is 17.0 Å². The van der Waals surface area contributed by atoms with Crippen molar-refractivity contribution < 1.29 is 0 Å². The molecule has 6 heteroatoms. The maximum Gasteiger partial charge on any atom is 0.147 e. The maximum absolute atomic E-state index is 9.11. The molecule has 0 spiro atoms. The Morgan fingerprint density at radius 1 is 1.50 bits per heavy atom. The smallest absolute Gasteiger partial charge is 0.147 e. The number of aromatic amines is 1. The SMILES string of the molecule is Cn1ncc(-c2cc3c(N)ccnc3[nH]2)c1C#N. The Bertz CT molecular complexity index is 774. The largest absolute Gasteiger partial charge is 0.398 e. The number of nitrogens with zero attached hydrogens (tertiary/aromatic N) is 4. The van der Waals surface area contributed by atoms with E-state index in [1.54, 1.807) is 25.5 Å². The Hall–Kier alpha value is -2.81. The number of pyridine rings is 1. The highest BCUT2D eigenvalue weighted by Gasteiger charge is 2.13. The van der Waals surface area contributed by atoms with E-state index >= 15 is 0 Å². The molecule has 3 aromatic rings. The van der Waals surface area contributed by atoms with Crippen LogP contribution in [0.3, 0.4) is 0 Å². The highest BCUT2D eigenvalue weighted by atomic mass is 15.3. The average Bonchev–Trinajstić information content (AvgIpc) is 2.93. The molecule has 3 rings (SSSR count). The van der Waals surface area contributed by atoms with Crippen LogP contribution in [-0.4, -0.2) is 19.7 Å². The minimum atomic E-state index is 0.500. The molecule has 0 amide bonds. The number of nitrogens with one attached hydrogen (secondary N) is 1. The lowest BCUT2D eigenvalue weighted by molar-refractivity contribution is 0.756. The maximum atomic E-state index is 9.11. The number of fused-ring (bicyclic) bond motifs is 1. The summed E-state index contributed by atoms with van der Waals surface area (Å²) in [5.41, 5.74) is 9.28. The molecular weight excluding hydrogens is 228 g/mol. The van der Waals surface area contributed by atoms with Gasteiger partial charge in [-0.25, -0.2) is 4.98 Å². The van der Waals surface area contributed by atoms with E-state index in [4.69, 9.17) is 11.0 Å². The Morgan fingerprint density at radius 3 is 3.06 bits per heavy atom. The van der Waals surface area contributed by atoms with E-state index < -0.39 is 0 Å². The molecule has 0 unspecified atom stereocenters. The van der Waals surface area contributed by atoms with Gasteiger partial charge in [-0.3, -0.25) is 4.68 Å². The van der Waals surface area contributed by atoms with E-state index in [2.05, 4.69) is 21.1 Å². The minimum Gasteiger partial charge on any atom is -0.398 e. The van der Waals surface area contributed by atoms with Crippen LogP contribution >= 0.6 is 0 Å². The first kappa shape index (κ1) is 10.4. The van der Waals surface area contributed by atoms with Gasteiger partial charge in [0.2, 0.25) is 0 Å². The van der Waals surface area contributed by atoms with Crippen LogP contribution in [0, 0.1) is 11.3 Å². The molecule has 0 bridgehead atoms. The lowest BCUT2D eigenvalue weighted by Crippen LogP contribution is -1.93. The summed E-state index contributed by atoms with van der Waals surface area (Å²) in [6.07, 6.45) is 3.30. The third-order valence-electron chi connectivity index (χ3n) is 2.90. The van der Waals surface area contributed by atoms with Gasteiger partial charge in [-0.1, -0.05) is 0 Å². The lowest BCUT2D eigenvalue weighted by Gasteiger charge is -1.94. The van der Waals surface area contributed by atoms with E-state index in [1.165, 1.54) is 4.68 Å². The minimum absolute atomic E-state index is 0.500. The van der Waals surface area contributed by atoms with E-state index in [1.807, 2.05) is 6.07 Å². The quantitative estimate of drug-likeness (QED) is 0.670. The first-order valence-electron chi connectivity index (χ1n) is 5.36. The molecule has 0 radical (unpaired) electrons. The number of nitrogen functional groups attached to an aromatic ring is 1. The number of H-pyrrole nitrogens is 1. The van der Waals surface area contributed by atoms with Crippen molar-refractivity contribution in [3.05, 3.63) is 30.2 Å². The van der Waals surface area contributed by atoms with Crippen molar-refractivity contribution in [3.63, 3.8) is 0 Å². The van der Waals surface area contributed by atoms with Crippen molar-refractivity contribution in [2.24, 2.45) is 7.05 Å². The van der Waals surface area contributed by atoms with Gasteiger partial charge < -0.3 is 10.7 Å². The molecular formula is C12H10N6. The van der Waals surface area contributed by atoms with Gasteiger partial charge >= 0.3 is 0 Å². The van der Waals surface area contributed by atoms with Crippen molar-refractivity contribution in [3.8, 4) is 17.3 Å². The molecule has 0 aliphatic carbocycles. The molecule has 3 aromatic heterocycles. The summed E-state index contributed by atoms with van der Waals surface area (Å²) in [5.74, 6) is 0. The standard InChI is InChI=1S/C12H10N6/c1-18-11(5-13)8(6-16-18)10-4-7-9(14)2-3-15-12(7)17-10/h2-4,6H,1H3,(H3,14,15,17). The average molecular weight is 238 g/mol.